The first kappa shape index (κ1) is 23.7. The molecule has 0 aromatic carbocycles. The van der Waals surface area contributed by atoms with E-state index in [-0.39, 0.29) is 30.5 Å². The molecule has 2 fully saturated rings. The van der Waals surface area contributed by atoms with E-state index in [4.69, 9.17) is 9.47 Å². The number of carbonyl (C=O) groups excluding carboxylic acids is 1. The van der Waals surface area contributed by atoms with Crippen LogP contribution in [0.4, 0.5) is 0 Å². The molecule has 1 heterocycles. The molecule has 1 aliphatic heterocycles. The highest BCUT2D eigenvalue weighted by Crippen LogP contribution is 2.49. The Bertz CT molecular complexity index is 697. The third-order valence-electron chi connectivity index (χ3n) is 7.22. The van der Waals surface area contributed by atoms with Crippen LogP contribution in [-0.4, -0.2) is 91.0 Å². The summed E-state index contributed by atoms with van der Waals surface area (Å²) in [7, 11) is 0. The number of aliphatic hydroxyl groups excluding tert-OH is 4. The van der Waals surface area contributed by atoms with E-state index in [9.17, 15) is 35.4 Å². The Kier molecular flexibility index (Phi) is 6.50. The Morgan fingerprint density at radius 1 is 1.20 bits per heavy atom. The second kappa shape index (κ2) is 8.22. The van der Waals surface area contributed by atoms with Gasteiger partial charge in [0.2, 0.25) is 0 Å². The van der Waals surface area contributed by atoms with E-state index in [2.05, 4.69) is 0 Å². The summed E-state index contributed by atoms with van der Waals surface area (Å²) in [5.74, 6) is -0.101. The maximum atomic E-state index is 12.3. The summed E-state index contributed by atoms with van der Waals surface area (Å²) < 4.78 is 11.4. The maximum Gasteiger partial charge on any atom is 0.187 e. The molecule has 9 atom stereocenters. The van der Waals surface area contributed by atoms with Gasteiger partial charge in [-0.1, -0.05) is 12.5 Å². The van der Waals surface area contributed by atoms with Crippen LogP contribution in [0.25, 0.3) is 0 Å². The maximum absolute atomic E-state index is 12.3. The van der Waals surface area contributed by atoms with Gasteiger partial charge in [-0.3, -0.25) is 4.79 Å². The van der Waals surface area contributed by atoms with Gasteiger partial charge in [0, 0.05) is 12.8 Å². The lowest BCUT2D eigenvalue weighted by atomic mass is 9.76. The minimum atomic E-state index is -1.81. The van der Waals surface area contributed by atoms with Crippen molar-refractivity contribution in [1.82, 2.24) is 0 Å². The number of carbonyl (C=O) groups is 1. The van der Waals surface area contributed by atoms with Crippen LogP contribution in [-0.2, 0) is 14.3 Å². The van der Waals surface area contributed by atoms with Gasteiger partial charge in [-0.25, -0.2) is 0 Å². The van der Waals surface area contributed by atoms with Crippen molar-refractivity contribution in [1.29, 1.82) is 0 Å². The molecule has 6 N–H and O–H groups in total. The van der Waals surface area contributed by atoms with Gasteiger partial charge in [-0.15, -0.1) is 0 Å². The van der Waals surface area contributed by atoms with Crippen molar-refractivity contribution < 1.29 is 44.9 Å². The van der Waals surface area contributed by atoms with Crippen LogP contribution in [0.5, 0.6) is 0 Å². The van der Waals surface area contributed by atoms with Crippen LogP contribution in [0.2, 0.25) is 0 Å². The van der Waals surface area contributed by atoms with Crippen molar-refractivity contribution in [2.24, 2.45) is 11.8 Å². The highest BCUT2D eigenvalue weighted by molar-refractivity contribution is 5.98. The van der Waals surface area contributed by atoms with Gasteiger partial charge in [-0.05, 0) is 44.6 Å². The molecule has 1 saturated carbocycles. The predicted octanol–water partition coefficient (Wildman–Crippen LogP) is -0.991. The van der Waals surface area contributed by atoms with Crippen molar-refractivity contribution in [3.8, 4) is 0 Å². The first-order valence-electron chi connectivity index (χ1n) is 10.4. The van der Waals surface area contributed by atoms with Crippen molar-refractivity contribution in [2.75, 3.05) is 6.61 Å². The van der Waals surface area contributed by atoms with Crippen molar-refractivity contribution in [3.63, 3.8) is 0 Å². The summed E-state index contributed by atoms with van der Waals surface area (Å²) in [5.41, 5.74) is -2.03. The number of ketones is 1. The quantitative estimate of drug-likeness (QED) is 0.329. The first-order valence-corrected chi connectivity index (χ1v) is 10.4. The van der Waals surface area contributed by atoms with Crippen LogP contribution in [0.15, 0.2) is 11.1 Å². The van der Waals surface area contributed by atoms with E-state index < -0.39 is 54.6 Å². The van der Waals surface area contributed by atoms with Gasteiger partial charge in [0.05, 0.1) is 18.3 Å². The van der Waals surface area contributed by atoms with Crippen LogP contribution in [0, 0.1) is 11.8 Å². The number of Topliss-reactive ketones (excluding diaryl/α,β-unsaturated/α-hetero) is 1. The summed E-state index contributed by atoms with van der Waals surface area (Å²) in [5, 5.41) is 62.3. The third-order valence-corrected chi connectivity index (χ3v) is 7.22. The smallest absolute Gasteiger partial charge is 0.187 e. The normalized spacial score (nSPS) is 45.5. The van der Waals surface area contributed by atoms with Crippen LogP contribution in [0.3, 0.4) is 0 Å². The molecule has 9 heteroatoms. The number of ether oxygens (including phenoxy) is 2. The van der Waals surface area contributed by atoms with Crippen LogP contribution >= 0.6 is 0 Å². The van der Waals surface area contributed by atoms with Crippen LogP contribution < -0.4 is 0 Å². The van der Waals surface area contributed by atoms with Crippen LogP contribution in [0.1, 0.15) is 47.0 Å². The van der Waals surface area contributed by atoms with Gasteiger partial charge in [0.25, 0.3) is 0 Å². The Labute approximate surface area is 175 Å². The fraction of sp³-hybridized carbons (Fsp3) is 0.857. The monoisotopic (exact) mass is 430 g/mol. The fourth-order valence-corrected chi connectivity index (χ4v) is 4.96. The molecule has 0 amide bonds. The fourth-order valence-electron chi connectivity index (χ4n) is 4.96. The molecule has 0 bridgehead atoms. The Morgan fingerprint density at radius 3 is 2.40 bits per heavy atom. The number of hydrogen-bond donors (Lipinski definition) is 6. The molecular formula is C21H34O9. The molecule has 172 valence electrons. The SMILES string of the molecule is CC1=C2C[C@](O)(C(C)(C)O)[C@@H](O[C@@H]3O[C@H](CO)[C@@H](O)[C@H](O)[C@H]3O)C[C@@H](C)[C@H]2CC1=O. The largest absolute Gasteiger partial charge is 0.394 e. The van der Waals surface area contributed by atoms with Gasteiger partial charge in [-0.2, -0.15) is 0 Å². The zero-order valence-electron chi connectivity index (χ0n) is 17.9. The molecule has 0 spiro atoms. The number of fused-ring (bicyclic) bond motifs is 1. The summed E-state index contributed by atoms with van der Waals surface area (Å²) in [6, 6.07) is 0. The zero-order valence-corrected chi connectivity index (χ0v) is 17.9. The minimum absolute atomic E-state index is 0.0190. The number of aliphatic hydroxyl groups is 6. The highest BCUT2D eigenvalue weighted by Gasteiger charge is 2.56. The van der Waals surface area contributed by atoms with Gasteiger partial charge in [0.1, 0.15) is 30.0 Å². The second-order valence-corrected chi connectivity index (χ2v) is 9.58. The Balaban J connectivity index is 1.95. The highest BCUT2D eigenvalue weighted by atomic mass is 16.7. The number of allylic oxidation sites excluding steroid dienone is 1. The summed E-state index contributed by atoms with van der Waals surface area (Å²) in [6.45, 7) is 5.98. The topological polar surface area (TPSA) is 157 Å². The van der Waals surface area contributed by atoms with E-state index in [1.807, 2.05) is 6.92 Å². The second-order valence-electron chi connectivity index (χ2n) is 9.58. The van der Waals surface area contributed by atoms with E-state index in [1.165, 1.54) is 13.8 Å². The zero-order chi connectivity index (χ0) is 22.6. The minimum Gasteiger partial charge on any atom is -0.394 e. The molecule has 0 aromatic rings. The number of rotatable bonds is 4. The van der Waals surface area contributed by atoms with Crippen molar-refractivity contribution in [3.05, 3.63) is 11.1 Å². The van der Waals surface area contributed by atoms with Crippen molar-refractivity contribution >= 4 is 5.78 Å². The molecule has 3 aliphatic rings. The van der Waals surface area contributed by atoms with Crippen molar-refractivity contribution in [2.45, 2.75) is 95.0 Å². The van der Waals surface area contributed by atoms with Gasteiger partial charge < -0.3 is 40.1 Å². The van der Waals surface area contributed by atoms with E-state index in [0.29, 0.717) is 12.0 Å². The molecule has 30 heavy (non-hydrogen) atoms. The summed E-state index contributed by atoms with van der Waals surface area (Å²) >= 11 is 0. The molecule has 0 radical (unpaired) electrons. The molecule has 9 nitrogen and oxygen atoms in total. The first-order chi connectivity index (χ1) is 13.8. The molecule has 3 rings (SSSR count). The van der Waals surface area contributed by atoms with E-state index >= 15 is 0 Å². The lowest BCUT2D eigenvalue weighted by Crippen LogP contribution is -2.64. The average Bonchev–Trinajstić information content (AvgIpc) is 2.88. The third kappa shape index (κ3) is 3.86. The van der Waals surface area contributed by atoms with Gasteiger partial charge >= 0.3 is 0 Å². The lowest BCUT2D eigenvalue weighted by Gasteiger charge is -2.47. The molecular weight excluding hydrogens is 396 g/mol. The standard InChI is InChI=1S/C21H34O9/c1-9-5-15(30-19-18(26)17(25)16(24)14(8-22)29-19)21(28,20(3,4)27)7-12-10(2)13(23)6-11(9)12/h9,11,14-19,22,24-28H,5-8H2,1-4H3/t9-,11-,14-,15+,16-,17+,18-,19+,21-/m1/s1. The lowest BCUT2D eigenvalue weighted by molar-refractivity contribution is -0.333. The predicted molar refractivity (Wildman–Crippen MR) is 104 cm³/mol. The van der Waals surface area contributed by atoms with E-state index in [0.717, 1.165) is 5.57 Å². The Morgan fingerprint density at radius 2 is 1.83 bits per heavy atom. The molecule has 0 unspecified atom stereocenters. The summed E-state index contributed by atoms with van der Waals surface area (Å²) in [6.07, 6.45) is -7.70. The molecule has 0 aromatic heterocycles. The Hall–Kier alpha value is -0.910. The average molecular weight is 430 g/mol. The van der Waals surface area contributed by atoms with E-state index in [1.54, 1.807) is 6.92 Å². The molecule has 2 aliphatic carbocycles. The van der Waals surface area contributed by atoms with Gasteiger partial charge in [0.15, 0.2) is 12.1 Å². The number of hydrogen-bond acceptors (Lipinski definition) is 9. The molecule has 1 saturated heterocycles. The summed E-state index contributed by atoms with van der Waals surface area (Å²) in [4.78, 5) is 12.3.